The number of halogens is 1. The number of rotatable bonds is 5. The second-order valence-electron chi connectivity index (χ2n) is 3.33. The fraction of sp³-hybridized carbons (Fsp3) is 0.250. The van der Waals surface area contributed by atoms with Gasteiger partial charge in [0.2, 0.25) is 10.0 Å². The Morgan fingerprint density at radius 3 is 2.67 bits per heavy atom. The molecule has 0 fully saturated rings. The zero-order valence-electron chi connectivity index (χ0n) is 9.18. The van der Waals surface area contributed by atoms with Gasteiger partial charge >= 0.3 is 0 Å². The van der Waals surface area contributed by atoms with Gasteiger partial charge in [-0.25, -0.2) is 24.4 Å². The molecule has 0 aliphatic heterocycles. The molecule has 0 atom stereocenters. The highest BCUT2D eigenvalue weighted by Crippen LogP contribution is 2.13. The maximum absolute atomic E-state index is 11.6. The molecular weight excluding hydrogens is 282 g/mol. The van der Waals surface area contributed by atoms with Crippen LogP contribution in [-0.4, -0.2) is 31.6 Å². The minimum atomic E-state index is -3.61. The van der Waals surface area contributed by atoms with Gasteiger partial charge in [0.15, 0.2) is 0 Å². The minimum Gasteiger partial charge on any atom is -0.351 e. The molecule has 0 saturated heterocycles. The zero-order chi connectivity index (χ0) is 13.8. The van der Waals surface area contributed by atoms with E-state index in [1.54, 1.807) is 0 Å². The maximum Gasteiger partial charge on any atom is 0.251 e. The van der Waals surface area contributed by atoms with Crippen LogP contribution in [0.15, 0.2) is 12.1 Å². The van der Waals surface area contributed by atoms with Crippen molar-refractivity contribution in [1.29, 1.82) is 0 Å². The number of amides is 1. The van der Waals surface area contributed by atoms with E-state index < -0.39 is 15.9 Å². The molecule has 0 radical (unpaired) electrons. The highest BCUT2D eigenvalue weighted by molar-refractivity contribution is 7.89. The van der Waals surface area contributed by atoms with Crippen LogP contribution in [0.5, 0.6) is 0 Å². The van der Waals surface area contributed by atoms with Crippen molar-refractivity contribution in [1.82, 2.24) is 10.3 Å². The monoisotopic (exact) mass is 293 g/mol. The smallest absolute Gasteiger partial charge is 0.251 e. The van der Waals surface area contributed by atoms with Crippen LogP contribution in [0.1, 0.15) is 10.4 Å². The van der Waals surface area contributed by atoms with Gasteiger partial charge in [-0.15, -0.1) is 0 Å². The molecule has 1 rings (SSSR count). The largest absolute Gasteiger partial charge is 0.351 e. The number of hydrogen-bond acceptors (Lipinski definition) is 6. The fourth-order valence-corrected chi connectivity index (χ4v) is 1.71. The second kappa shape index (κ2) is 5.96. The van der Waals surface area contributed by atoms with Gasteiger partial charge in [0.05, 0.1) is 5.75 Å². The lowest BCUT2D eigenvalue weighted by Gasteiger charge is -2.06. The highest BCUT2D eigenvalue weighted by atomic mass is 35.5. The van der Waals surface area contributed by atoms with Crippen LogP contribution >= 0.6 is 11.6 Å². The summed E-state index contributed by atoms with van der Waals surface area (Å²) in [5.74, 6) is 4.52. The van der Waals surface area contributed by atoms with Crippen molar-refractivity contribution in [3.05, 3.63) is 22.8 Å². The summed E-state index contributed by atoms with van der Waals surface area (Å²) in [6, 6.07) is 2.70. The van der Waals surface area contributed by atoms with Crippen molar-refractivity contribution in [3.8, 4) is 0 Å². The highest BCUT2D eigenvalue weighted by Gasteiger charge is 2.10. The number of nitrogens with zero attached hydrogens (tertiary/aromatic N) is 1. The van der Waals surface area contributed by atoms with Crippen LogP contribution in [0, 0.1) is 0 Å². The van der Waals surface area contributed by atoms with Crippen LogP contribution < -0.4 is 21.7 Å². The maximum atomic E-state index is 11.6. The Kier molecular flexibility index (Phi) is 4.84. The summed E-state index contributed by atoms with van der Waals surface area (Å²) >= 11 is 5.68. The van der Waals surface area contributed by atoms with E-state index >= 15 is 0 Å². The van der Waals surface area contributed by atoms with Crippen molar-refractivity contribution in [2.75, 3.05) is 17.7 Å². The Morgan fingerprint density at radius 1 is 1.44 bits per heavy atom. The summed E-state index contributed by atoms with van der Waals surface area (Å²) in [6.07, 6.45) is 0. The summed E-state index contributed by atoms with van der Waals surface area (Å²) < 4.78 is 21.3. The van der Waals surface area contributed by atoms with E-state index in [1.807, 2.05) is 0 Å². The third-order valence-corrected chi connectivity index (χ3v) is 2.84. The van der Waals surface area contributed by atoms with Crippen LogP contribution in [0.4, 0.5) is 5.82 Å². The average molecular weight is 294 g/mol. The molecule has 8 nitrogen and oxygen atoms in total. The summed E-state index contributed by atoms with van der Waals surface area (Å²) in [5, 5.41) is 7.26. The van der Waals surface area contributed by atoms with Gasteiger partial charge in [-0.05, 0) is 12.1 Å². The van der Waals surface area contributed by atoms with Crippen molar-refractivity contribution in [3.63, 3.8) is 0 Å². The van der Waals surface area contributed by atoms with Crippen molar-refractivity contribution >= 4 is 33.3 Å². The van der Waals surface area contributed by atoms with E-state index in [0.717, 1.165) is 0 Å². The van der Waals surface area contributed by atoms with Crippen molar-refractivity contribution < 1.29 is 13.2 Å². The number of primary sulfonamides is 1. The minimum absolute atomic E-state index is 0.0852. The Morgan fingerprint density at radius 2 is 2.11 bits per heavy atom. The molecule has 1 heterocycles. The van der Waals surface area contributed by atoms with Crippen molar-refractivity contribution in [2.24, 2.45) is 11.0 Å². The number of carbonyl (C=O) groups is 1. The molecule has 0 aliphatic rings. The Hall–Kier alpha value is -1.42. The summed E-state index contributed by atoms with van der Waals surface area (Å²) in [5.41, 5.74) is 2.46. The Balaban J connectivity index is 2.69. The lowest BCUT2D eigenvalue weighted by atomic mass is 10.2. The molecule has 0 unspecified atom stereocenters. The van der Waals surface area contributed by atoms with Gasteiger partial charge in [0.25, 0.3) is 5.91 Å². The van der Waals surface area contributed by atoms with Crippen LogP contribution in [0.25, 0.3) is 0 Å². The van der Waals surface area contributed by atoms with Gasteiger partial charge < -0.3 is 10.7 Å². The summed E-state index contributed by atoms with van der Waals surface area (Å²) in [4.78, 5) is 15.4. The van der Waals surface area contributed by atoms with Crippen LogP contribution in [-0.2, 0) is 10.0 Å². The van der Waals surface area contributed by atoms with E-state index in [4.69, 9.17) is 22.6 Å². The lowest BCUT2D eigenvalue weighted by molar-refractivity contribution is 0.0956. The first-order valence-electron chi connectivity index (χ1n) is 4.74. The standard InChI is InChI=1S/C8H12ClN5O3S/c9-6-3-5(4-7(13-6)14-10)8(15)12-1-2-18(11,16)17/h3-4H,1-2,10H2,(H,12,15)(H,13,14)(H2,11,16,17). The first-order chi connectivity index (χ1) is 8.31. The van der Waals surface area contributed by atoms with Gasteiger partial charge in [0.1, 0.15) is 11.0 Å². The molecule has 0 spiro atoms. The predicted octanol–water partition coefficient (Wildman–Crippen LogP) is -0.961. The number of hydrogen-bond donors (Lipinski definition) is 4. The quantitative estimate of drug-likeness (QED) is 0.313. The molecule has 6 N–H and O–H groups in total. The number of nitrogens with one attached hydrogen (secondary N) is 2. The number of carbonyl (C=O) groups excluding carboxylic acids is 1. The van der Waals surface area contributed by atoms with Gasteiger partial charge in [-0.1, -0.05) is 11.6 Å². The molecular formula is C8H12ClN5O3S. The fourth-order valence-electron chi connectivity index (χ4n) is 1.11. The summed E-state index contributed by atoms with van der Waals surface area (Å²) in [7, 11) is -3.61. The predicted molar refractivity (Wildman–Crippen MR) is 67.4 cm³/mol. The van der Waals surface area contributed by atoms with E-state index in [2.05, 4.69) is 15.7 Å². The van der Waals surface area contributed by atoms with Gasteiger partial charge in [0, 0.05) is 12.1 Å². The third-order valence-electron chi connectivity index (χ3n) is 1.88. The number of nitrogens with two attached hydrogens (primary N) is 2. The third kappa shape index (κ3) is 4.84. The molecule has 1 aromatic heterocycles. The summed E-state index contributed by atoms with van der Waals surface area (Å²) in [6.45, 7) is -0.0943. The van der Waals surface area contributed by atoms with Gasteiger partial charge in [-0.3, -0.25) is 4.79 Å². The van der Waals surface area contributed by atoms with Crippen LogP contribution in [0.3, 0.4) is 0 Å². The number of hydrazine groups is 1. The van der Waals surface area contributed by atoms with Crippen molar-refractivity contribution in [2.45, 2.75) is 0 Å². The SMILES string of the molecule is NNc1cc(C(=O)NCCS(N)(=O)=O)cc(Cl)n1. The van der Waals surface area contributed by atoms with E-state index in [1.165, 1.54) is 12.1 Å². The molecule has 18 heavy (non-hydrogen) atoms. The molecule has 100 valence electrons. The number of aromatic nitrogens is 1. The number of pyridine rings is 1. The molecule has 0 aliphatic carbocycles. The number of nitrogen functional groups attached to an aromatic ring is 1. The first kappa shape index (κ1) is 14.6. The normalized spacial score (nSPS) is 11.1. The zero-order valence-corrected chi connectivity index (χ0v) is 10.8. The lowest BCUT2D eigenvalue weighted by Crippen LogP contribution is -2.31. The average Bonchev–Trinajstić information content (AvgIpc) is 2.26. The molecule has 1 amide bonds. The molecule has 0 saturated carbocycles. The first-order valence-corrected chi connectivity index (χ1v) is 6.84. The molecule has 10 heteroatoms. The van der Waals surface area contributed by atoms with Crippen LogP contribution in [0.2, 0.25) is 5.15 Å². The van der Waals surface area contributed by atoms with E-state index in [9.17, 15) is 13.2 Å². The van der Waals surface area contributed by atoms with E-state index in [-0.39, 0.29) is 28.8 Å². The number of anilines is 1. The second-order valence-corrected chi connectivity index (χ2v) is 5.45. The van der Waals surface area contributed by atoms with E-state index in [0.29, 0.717) is 0 Å². The topological polar surface area (TPSA) is 140 Å². The van der Waals surface area contributed by atoms with Gasteiger partial charge in [-0.2, -0.15) is 0 Å². The Labute approximate surface area is 109 Å². The number of sulfonamides is 1. The Bertz CT molecular complexity index is 548. The molecule has 0 bridgehead atoms. The molecule has 1 aromatic rings. The molecule has 0 aromatic carbocycles.